The van der Waals surface area contributed by atoms with E-state index in [0.29, 0.717) is 34.6 Å². The summed E-state index contributed by atoms with van der Waals surface area (Å²) >= 11 is 0. The fourth-order valence-electron chi connectivity index (χ4n) is 7.24. The molecule has 2 aliphatic carbocycles. The molecule has 0 aromatic heterocycles. The predicted octanol–water partition coefficient (Wildman–Crippen LogP) is 12.5. The lowest BCUT2D eigenvalue weighted by Crippen LogP contribution is -2.19. The van der Waals surface area contributed by atoms with Gasteiger partial charge in [0, 0.05) is 11.1 Å². The van der Waals surface area contributed by atoms with Gasteiger partial charge in [0.05, 0.1) is 0 Å². The molecule has 1 heterocycles. The van der Waals surface area contributed by atoms with E-state index >= 15 is 0 Å². The second-order valence-corrected chi connectivity index (χ2v) is 13.2. The Balaban J connectivity index is 0.000000209. The minimum Gasteiger partial charge on any atom is -0.483 e. The number of fused-ring (bicyclic) bond motifs is 1. The first-order chi connectivity index (χ1) is 22.2. The topological polar surface area (TPSA) is 18.5 Å². The molecule has 2 fully saturated rings. The molecule has 252 valence electrons. The van der Waals surface area contributed by atoms with Gasteiger partial charge >= 0.3 is 0 Å². The van der Waals surface area contributed by atoms with Gasteiger partial charge in [0.2, 0.25) is 11.6 Å². The summed E-state index contributed by atoms with van der Waals surface area (Å²) in [6, 6.07) is 3.51. The predicted molar refractivity (Wildman–Crippen MR) is 181 cm³/mol. The summed E-state index contributed by atoms with van der Waals surface area (Å²) in [5.74, 6) is -1.48. The highest BCUT2D eigenvalue weighted by Gasteiger charge is 2.30. The summed E-state index contributed by atoms with van der Waals surface area (Å²) in [5, 5.41) is 0. The standard InChI is InChI=1S/C21H28F2O.C19H24F2O/c1-5-14-9-11-16(12-10-14)18-13-15(6-2)21(20(23)19(18)22)24-17(7-3)8-4;1-3-12-5-7-13(8-6-12)16-11-14-9-10-15(4-2)22-19(14)18(21)17(16)20/h6-7,13-14,16-17H,2-3,5,8-12H2,1,4H3;9-13,15H,3-8H2,1-2H3. The van der Waals surface area contributed by atoms with E-state index in [4.69, 9.17) is 9.47 Å². The highest BCUT2D eigenvalue weighted by atomic mass is 19.2. The highest BCUT2D eigenvalue weighted by molar-refractivity contribution is 5.62. The van der Waals surface area contributed by atoms with Crippen molar-refractivity contribution in [3.05, 3.63) is 83.0 Å². The Morgan fingerprint density at radius 2 is 1.30 bits per heavy atom. The summed E-state index contributed by atoms with van der Waals surface area (Å²) in [6.45, 7) is 15.7. The Kier molecular flexibility index (Phi) is 13.0. The van der Waals surface area contributed by atoms with Gasteiger partial charge in [0.15, 0.2) is 23.1 Å². The highest BCUT2D eigenvalue weighted by Crippen LogP contribution is 2.43. The number of rotatable bonds is 10. The number of benzene rings is 2. The van der Waals surface area contributed by atoms with E-state index in [1.807, 2.05) is 26.0 Å². The van der Waals surface area contributed by atoms with Gasteiger partial charge in [-0.1, -0.05) is 71.9 Å². The lowest BCUT2D eigenvalue weighted by Gasteiger charge is -2.29. The van der Waals surface area contributed by atoms with Crippen molar-refractivity contribution in [2.24, 2.45) is 11.8 Å². The molecule has 2 unspecified atom stereocenters. The van der Waals surface area contributed by atoms with Gasteiger partial charge in [-0.2, -0.15) is 8.78 Å². The maximum absolute atomic E-state index is 14.7. The van der Waals surface area contributed by atoms with Gasteiger partial charge in [-0.3, -0.25) is 0 Å². The van der Waals surface area contributed by atoms with Gasteiger partial charge in [0.1, 0.15) is 12.2 Å². The summed E-state index contributed by atoms with van der Waals surface area (Å²) in [6.07, 6.45) is 18.3. The smallest absolute Gasteiger partial charge is 0.201 e. The average molecular weight is 641 g/mol. The number of hydrogen-bond donors (Lipinski definition) is 0. The zero-order chi connectivity index (χ0) is 33.4. The van der Waals surface area contributed by atoms with Crippen molar-refractivity contribution in [3.8, 4) is 11.5 Å². The van der Waals surface area contributed by atoms with E-state index in [9.17, 15) is 17.6 Å². The fraction of sp³-hybridized carbons (Fsp3) is 0.550. The van der Waals surface area contributed by atoms with Crippen LogP contribution in [0.25, 0.3) is 12.2 Å². The van der Waals surface area contributed by atoms with Gasteiger partial charge < -0.3 is 9.47 Å². The van der Waals surface area contributed by atoms with E-state index in [1.165, 1.54) is 12.5 Å². The molecule has 2 nitrogen and oxygen atoms in total. The molecule has 0 spiro atoms. The van der Waals surface area contributed by atoms with Crippen molar-refractivity contribution in [1.29, 1.82) is 0 Å². The Morgan fingerprint density at radius 3 is 1.78 bits per heavy atom. The van der Waals surface area contributed by atoms with Crippen molar-refractivity contribution >= 4 is 12.2 Å². The van der Waals surface area contributed by atoms with Crippen LogP contribution in [0.4, 0.5) is 17.6 Å². The minimum absolute atomic E-state index is 0.0553. The first-order valence-corrected chi connectivity index (χ1v) is 17.5. The van der Waals surface area contributed by atoms with Crippen LogP contribution in [-0.4, -0.2) is 12.2 Å². The van der Waals surface area contributed by atoms with Crippen LogP contribution in [0.5, 0.6) is 11.5 Å². The van der Waals surface area contributed by atoms with Gasteiger partial charge in [-0.25, -0.2) is 8.78 Å². The van der Waals surface area contributed by atoms with Crippen LogP contribution in [-0.2, 0) is 0 Å². The lowest BCUT2D eigenvalue weighted by atomic mass is 9.77. The molecular weight excluding hydrogens is 588 g/mol. The average Bonchev–Trinajstić information content (AvgIpc) is 3.10. The lowest BCUT2D eigenvalue weighted by molar-refractivity contribution is 0.226. The molecule has 2 atom stereocenters. The third-order valence-electron chi connectivity index (χ3n) is 10.5. The van der Waals surface area contributed by atoms with Crippen molar-refractivity contribution in [3.63, 3.8) is 0 Å². The molecule has 5 rings (SSSR count). The van der Waals surface area contributed by atoms with Crippen LogP contribution in [0.1, 0.15) is 139 Å². The number of ether oxygens (including phenoxy) is 2. The monoisotopic (exact) mass is 640 g/mol. The molecule has 2 aromatic carbocycles. The molecule has 0 bridgehead atoms. The zero-order valence-electron chi connectivity index (χ0n) is 28.2. The van der Waals surface area contributed by atoms with Crippen molar-refractivity contribution in [1.82, 2.24) is 0 Å². The Morgan fingerprint density at radius 1 is 0.761 bits per heavy atom. The largest absolute Gasteiger partial charge is 0.483 e. The van der Waals surface area contributed by atoms with Crippen LogP contribution in [0.15, 0.2) is 37.4 Å². The molecule has 1 aliphatic heterocycles. The number of hydrogen-bond acceptors (Lipinski definition) is 2. The van der Waals surface area contributed by atoms with Crippen LogP contribution in [0, 0.1) is 35.1 Å². The van der Waals surface area contributed by atoms with Gasteiger partial charge in [0.25, 0.3) is 0 Å². The maximum atomic E-state index is 14.7. The van der Waals surface area contributed by atoms with E-state index in [0.717, 1.165) is 70.1 Å². The van der Waals surface area contributed by atoms with Crippen LogP contribution in [0.2, 0.25) is 0 Å². The first kappa shape index (κ1) is 35.8. The van der Waals surface area contributed by atoms with Gasteiger partial charge in [-0.15, -0.1) is 0 Å². The van der Waals surface area contributed by atoms with Crippen LogP contribution in [0.3, 0.4) is 0 Å². The quantitative estimate of drug-likeness (QED) is 0.190. The zero-order valence-corrected chi connectivity index (χ0v) is 28.2. The van der Waals surface area contributed by atoms with E-state index in [-0.39, 0.29) is 35.5 Å². The summed E-state index contributed by atoms with van der Waals surface area (Å²) in [7, 11) is 0. The molecular formula is C40H52F4O2. The molecule has 0 amide bonds. The molecule has 3 aliphatic rings. The van der Waals surface area contributed by atoms with E-state index in [2.05, 4.69) is 27.0 Å². The van der Waals surface area contributed by atoms with Crippen molar-refractivity contribution in [2.75, 3.05) is 0 Å². The first-order valence-electron chi connectivity index (χ1n) is 17.5. The minimum atomic E-state index is -0.902. The normalized spacial score (nSPS) is 24.6. The fourth-order valence-corrected chi connectivity index (χ4v) is 7.24. The number of halogens is 4. The van der Waals surface area contributed by atoms with Crippen LogP contribution >= 0.6 is 0 Å². The summed E-state index contributed by atoms with van der Waals surface area (Å²) in [5.41, 5.74) is 2.20. The molecule has 0 radical (unpaired) electrons. The van der Waals surface area contributed by atoms with E-state index in [1.54, 1.807) is 18.2 Å². The Labute approximate surface area is 274 Å². The third-order valence-corrected chi connectivity index (χ3v) is 10.5. The van der Waals surface area contributed by atoms with E-state index < -0.39 is 23.3 Å². The Hall–Kier alpha value is -3.02. The van der Waals surface area contributed by atoms with Crippen molar-refractivity contribution < 1.29 is 27.0 Å². The van der Waals surface area contributed by atoms with Crippen molar-refractivity contribution in [2.45, 2.75) is 129 Å². The SMILES string of the molecule is C=Cc1cc(C2CCC(CC)CC2)c(F)c(F)c1OC(C=C)CC.CCC1CCC(c2cc3c(c(F)c2F)OC(CC)C=C3)CC1. The summed E-state index contributed by atoms with van der Waals surface area (Å²) < 4.78 is 69.5. The van der Waals surface area contributed by atoms with Gasteiger partial charge in [-0.05, 0) is 117 Å². The molecule has 46 heavy (non-hydrogen) atoms. The molecule has 2 saturated carbocycles. The molecule has 6 heteroatoms. The van der Waals surface area contributed by atoms with Crippen LogP contribution < -0.4 is 9.47 Å². The summed E-state index contributed by atoms with van der Waals surface area (Å²) in [4.78, 5) is 0. The molecule has 2 aromatic rings. The second kappa shape index (κ2) is 16.7. The maximum Gasteiger partial charge on any atom is 0.201 e. The Bertz CT molecular complexity index is 1370. The third kappa shape index (κ3) is 8.09. The molecule has 0 N–H and O–H groups in total. The second-order valence-electron chi connectivity index (χ2n) is 13.2. The molecule has 0 saturated heterocycles.